The molecule has 0 heterocycles. The van der Waals surface area contributed by atoms with Crippen LogP contribution in [0.1, 0.15) is 31.8 Å². The fourth-order valence-corrected chi connectivity index (χ4v) is 2.59. The molecule has 2 aromatic rings. The number of ketones is 2. The Kier molecular flexibility index (Phi) is 5.86. The molecule has 0 radical (unpaired) electrons. The van der Waals surface area contributed by atoms with Crippen LogP contribution in [0.25, 0.3) is 0 Å². The second-order valence-electron chi connectivity index (χ2n) is 4.40. The molecule has 0 aliphatic heterocycles. The number of benzene rings is 2. The van der Waals surface area contributed by atoms with Gasteiger partial charge in [0.1, 0.15) is 5.75 Å². The van der Waals surface area contributed by atoms with Crippen LogP contribution in [0.4, 0.5) is 0 Å². The topological polar surface area (TPSA) is 132 Å². The summed E-state index contributed by atoms with van der Waals surface area (Å²) in [4.78, 5) is 24.6. The van der Waals surface area contributed by atoms with Gasteiger partial charge in [-0.1, -0.05) is 24.3 Å². The van der Waals surface area contributed by atoms with E-state index >= 15 is 0 Å². The standard InChI is InChI=1S/C14H8O6S.Na.H2O/c15-13-9-3-1-2-4-10(9)14(16)12-7-8(5-6-11(12)13)20-21(17,18)19;;/h1-7H,(H,17,18,19);;1H2/q;+1;/p-1. The predicted octanol–water partition coefficient (Wildman–Crippen LogP) is -2.52. The van der Waals surface area contributed by atoms with Crippen LogP contribution < -0.4 is 33.7 Å². The van der Waals surface area contributed by atoms with Crippen molar-refractivity contribution in [3.63, 3.8) is 0 Å². The Bertz CT molecular complexity index is 890. The van der Waals surface area contributed by atoms with Crippen LogP contribution in [0.2, 0.25) is 0 Å². The van der Waals surface area contributed by atoms with E-state index < -0.39 is 16.2 Å². The van der Waals surface area contributed by atoms with Crippen molar-refractivity contribution in [1.82, 2.24) is 0 Å². The molecule has 0 atom stereocenters. The SMILES string of the molecule is O.O=C1c2ccccc2C(=O)c2cc(OS(=O)(=O)[O-])ccc21.[Na+]. The van der Waals surface area contributed by atoms with Crippen LogP contribution in [0.3, 0.4) is 0 Å². The summed E-state index contributed by atoms with van der Waals surface area (Å²) in [6, 6.07) is 9.84. The van der Waals surface area contributed by atoms with Crippen LogP contribution in [-0.2, 0) is 10.4 Å². The Morgan fingerprint density at radius 2 is 1.30 bits per heavy atom. The Hall–Kier alpha value is -1.55. The van der Waals surface area contributed by atoms with Gasteiger partial charge in [-0.25, -0.2) is 8.42 Å². The van der Waals surface area contributed by atoms with Gasteiger partial charge >= 0.3 is 29.6 Å². The van der Waals surface area contributed by atoms with Gasteiger partial charge in [0, 0.05) is 22.3 Å². The number of hydrogen-bond acceptors (Lipinski definition) is 6. The van der Waals surface area contributed by atoms with E-state index in [-0.39, 0.29) is 63.3 Å². The molecule has 9 heteroatoms. The summed E-state index contributed by atoms with van der Waals surface area (Å²) < 4.78 is 35.9. The molecular weight excluding hydrogens is 335 g/mol. The first-order chi connectivity index (χ1) is 9.87. The minimum absolute atomic E-state index is 0. The summed E-state index contributed by atoms with van der Waals surface area (Å²) in [5.74, 6) is -1.06. The summed E-state index contributed by atoms with van der Waals surface area (Å²) in [5.41, 5.74) is 0.687. The second-order valence-corrected chi connectivity index (χ2v) is 5.39. The second kappa shape index (κ2) is 6.91. The third-order valence-corrected chi connectivity index (χ3v) is 3.49. The number of carbonyl (C=O) groups is 2. The number of rotatable bonds is 2. The molecule has 0 spiro atoms. The van der Waals surface area contributed by atoms with Gasteiger partial charge in [0.25, 0.3) is 10.4 Å². The minimum Gasteiger partial charge on any atom is -0.716 e. The van der Waals surface area contributed by atoms with Crippen molar-refractivity contribution in [3.05, 3.63) is 64.7 Å². The Morgan fingerprint density at radius 1 is 0.826 bits per heavy atom. The molecule has 7 nitrogen and oxygen atoms in total. The van der Waals surface area contributed by atoms with E-state index in [1.807, 2.05) is 0 Å². The van der Waals surface area contributed by atoms with Crippen molar-refractivity contribution >= 4 is 22.0 Å². The smallest absolute Gasteiger partial charge is 0.716 e. The zero-order chi connectivity index (χ0) is 15.2. The van der Waals surface area contributed by atoms with E-state index in [4.69, 9.17) is 0 Å². The molecule has 0 amide bonds. The van der Waals surface area contributed by atoms with Gasteiger partial charge < -0.3 is 14.2 Å². The quantitative estimate of drug-likeness (QED) is 0.286. The monoisotopic (exact) mass is 344 g/mol. The number of carbonyl (C=O) groups excluding carboxylic acids is 2. The molecule has 0 unspecified atom stereocenters. The van der Waals surface area contributed by atoms with Gasteiger partial charge in [0.15, 0.2) is 11.6 Å². The molecular formula is C14H9NaO7S. The van der Waals surface area contributed by atoms with Crippen molar-refractivity contribution < 1.29 is 61.8 Å². The number of hydrogen-bond donors (Lipinski definition) is 0. The van der Waals surface area contributed by atoms with Crippen LogP contribution >= 0.6 is 0 Å². The first kappa shape index (κ1) is 19.5. The molecule has 3 rings (SSSR count). The average molecular weight is 344 g/mol. The summed E-state index contributed by atoms with van der Waals surface area (Å²) in [7, 11) is -4.94. The summed E-state index contributed by atoms with van der Waals surface area (Å²) in [6.07, 6.45) is 0. The van der Waals surface area contributed by atoms with Crippen molar-refractivity contribution in [2.75, 3.05) is 0 Å². The van der Waals surface area contributed by atoms with Gasteiger partial charge in [0.2, 0.25) is 0 Å². The first-order valence-corrected chi connectivity index (χ1v) is 7.18. The third-order valence-electron chi connectivity index (χ3n) is 3.09. The summed E-state index contributed by atoms with van der Waals surface area (Å²) in [5, 5.41) is 0. The van der Waals surface area contributed by atoms with E-state index in [1.165, 1.54) is 12.1 Å². The van der Waals surface area contributed by atoms with Gasteiger partial charge in [0.05, 0.1) is 0 Å². The Balaban J connectivity index is 0.00000132. The third kappa shape index (κ3) is 3.69. The Labute approximate surface area is 153 Å². The molecule has 1 aliphatic rings. The molecule has 2 aromatic carbocycles. The molecule has 0 aromatic heterocycles. The Morgan fingerprint density at radius 3 is 1.83 bits per heavy atom. The molecule has 0 saturated carbocycles. The minimum atomic E-state index is -4.94. The van der Waals surface area contributed by atoms with Crippen LogP contribution in [0, 0.1) is 0 Å². The number of fused-ring (bicyclic) bond motifs is 2. The van der Waals surface area contributed by atoms with Crippen LogP contribution in [0.15, 0.2) is 42.5 Å². The van der Waals surface area contributed by atoms with E-state index in [0.29, 0.717) is 5.56 Å². The fraction of sp³-hybridized carbons (Fsp3) is 0. The van der Waals surface area contributed by atoms with Crippen molar-refractivity contribution in [2.45, 2.75) is 0 Å². The molecule has 0 saturated heterocycles. The van der Waals surface area contributed by atoms with Gasteiger partial charge in [-0.2, -0.15) is 0 Å². The predicted molar refractivity (Wildman–Crippen MR) is 73.7 cm³/mol. The first-order valence-electron chi connectivity index (χ1n) is 5.84. The molecule has 23 heavy (non-hydrogen) atoms. The summed E-state index contributed by atoms with van der Waals surface area (Å²) >= 11 is 0. The van der Waals surface area contributed by atoms with E-state index in [0.717, 1.165) is 12.1 Å². The van der Waals surface area contributed by atoms with Gasteiger partial charge in [-0.05, 0) is 18.2 Å². The van der Waals surface area contributed by atoms with Crippen molar-refractivity contribution in [3.8, 4) is 5.75 Å². The van der Waals surface area contributed by atoms with Crippen LogP contribution in [-0.4, -0.2) is 30.0 Å². The van der Waals surface area contributed by atoms with E-state index in [9.17, 15) is 22.6 Å². The maximum atomic E-state index is 12.3. The van der Waals surface area contributed by atoms with Gasteiger partial charge in [-0.3, -0.25) is 9.59 Å². The maximum Gasteiger partial charge on any atom is 1.00 e. The molecule has 114 valence electrons. The normalized spacial score (nSPS) is 12.4. The van der Waals surface area contributed by atoms with Crippen molar-refractivity contribution in [1.29, 1.82) is 0 Å². The largest absolute Gasteiger partial charge is 1.00 e. The fourth-order valence-electron chi connectivity index (χ4n) is 2.25. The summed E-state index contributed by atoms with van der Waals surface area (Å²) in [6.45, 7) is 0. The van der Waals surface area contributed by atoms with Crippen molar-refractivity contribution in [2.24, 2.45) is 0 Å². The zero-order valence-corrected chi connectivity index (χ0v) is 14.7. The maximum absolute atomic E-state index is 12.3. The zero-order valence-electron chi connectivity index (χ0n) is 11.9. The molecule has 1 aliphatic carbocycles. The van der Waals surface area contributed by atoms with Crippen LogP contribution in [0.5, 0.6) is 5.75 Å². The molecule has 2 N–H and O–H groups in total. The molecule has 0 bridgehead atoms. The average Bonchev–Trinajstić information content (AvgIpc) is 2.43. The van der Waals surface area contributed by atoms with E-state index in [1.54, 1.807) is 18.2 Å². The van der Waals surface area contributed by atoms with E-state index in [2.05, 4.69) is 4.18 Å². The van der Waals surface area contributed by atoms with Gasteiger partial charge in [-0.15, -0.1) is 0 Å². The molecule has 0 fully saturated rings.